The molecular formula is C29H35ClF3N3O3. The zero-order valence-electron chi connectivity index (χ0n) is 22.3. The van der Waals surface area contributed by atoms with E-state index in [0.717, 1.165) is 55.1 Å². The zero-order chi connectivity index (χ0) is 28.4. The number of hydrogen-bond acceptors (Lipinski definition) is 4. The quantitative estimate of drug-likeness (QED) is 0.514. The third kappa shape index (κ3) is 6.35. The summed E-state index contributed by atoms with van der Waals surface area (Å²) in [4.78, 5) is 30.1. The van der Waals surface area contributed by atoms with E-state index in [2.05, 4.69) is 4.90 Å². The smallest absolute Gasteiger partial charge is 0.372 e. The molecule has 2 fully saturated rings. The van der Waals surface area contributed by atoms with Crippen molar-refractivity contribution in [1.29, 1.82) is 0 Å². The van der Waals surface area contributed by atoms with Gasteiger partial charge in [-0.15, -0.1) is 0 Å². The summed E-state index contributed by atoms with van der Waals surface area (Å²) >= 11 is 5.85. The fraction of sp³-hybridized carbons (Fsp3) is 0.517. The Morgan fingerprint density at radius 3 is 2.03 bits per heavy atom. The average Bonchev–Trinajstić information content (AvgIpc) is 2.92. The first-order valence-corrected chi connectivity index (χ1v) is 13.7. The van der Waals surface area contributed by atoms with E-state index in [9.17, 15) is 27.9 Å². The van der Waals surface area contributed by atoms with Gasteiger partial charge in [0.15, 0.2) is 0 Å². The third-order valence-corrected chi connectivity index (χ3v) is 8.27. The van der Waals surface area contributed by atoms with Crippen molar-refractivity contribution in [2.75, 3.05) is 45.2 Å². The van der Waals surface area contributed by atoms with Gasteiger partial charge in [0.2, 0.25) is 0 Å². The van der Waals surface area contributed by atoms with Crippen LogP contribution in [0.4, 0.5) is 18.9 Å². The van der Waals surface area contributed by atoms with Crippen LogP contribution in [0.1, 0.15) is 48.0 Å². The Bertz CT molecular complexity index is 1160. The maximum absolute atomic E-state index is 14.0. The second-order valence-corrected chi connectivity index (χ2v) is 11.3. The van der Waals surface area contributed by atoms with Crippen LogP contribution in [-0.4, -0.2) is 73.2 Å². The lowest BCUT2D eigenvalue weighted by molar-refractivity contribution is -0.262. The summed E-state index contributed by atoms with van der Waals surface area (Å²) in [5.74, 6) is -0.531. The number of halogens is 4. The maximum Gasteiger partial charge on any atom is 0.430 e. The molecule has 39 heavy (non-hydrogen) atoms. The van der Waals surface area contributed by atoms with Gasteiger partial charge in [0, 0.05) is 62.1 Å². The first-order valence-electron chi connectivity index (χ1n) is 13.3. The normalized spacial score (nSPS) is 19.1. The number of anilines is 1. The van der Waals surface area contributed by atoms with Crippen LogP contribution in [0.3, 0.4) is 0 Å². The second-order valence-electron chi connectivity index (χ2n) is 10.9. The summed E-state index contributed by atoms with van der Waals surface area (Å²) in [5.41, 5.74) is -2.45. The molecule has 1 atom stereocenters. The monoisotopic (exact) mass is 565 g/mol. The summed E-state index contributed by atoms with van der Waals surface area (Å²) < 4.78 is 42.0. The molecule has 6 nitrogen and oxygen atoms in total. The molecule has 10 heteroatoms. The van der Waals surface area contributed by atoms with Crippen molar-refractivity contribution in [1.82, 2.24) is 9.80 Å². The van der Waals surface area contributed by atoms with Crippen molar-refractivity contribution >= 4 is 29.1 Å². The maximum atomic E-state index is 14.0. The SMILES string of the molecule is CN(C)C(=O)c1ccc(N2CCC(CC3CCN(C(=O)[C@](O)(c4cccc(Cl)c4)C(F)(F)F)CC3)CC2)cc1. The van der Waals surface area contributed by atoms with E-state index in [-0.39, 0.29) is 24.0 Å². The van der Waals surface area contributed by atoms with Crippen LogP contribution < -0.4 is 4.90 Å². The second kappa shape index (κ2) is 11.8. The number of aliphatic hydroxyl groups is 1. The number of nitrogens with zero attached hydrogens (tertiary/aromatic N) is 3. The number of piperidine rings is 2. The largest absolute Gasteiger partial charge is 0.430 e. The van der Waals surface area contributed by atoms with Crippen LogP contribution in [0.5, 0.6) is 0 Å². The van der Waals surface area contributed by atoms with Gasteiger partial charge in [-0.3, -0.25) is 9.59 Å². The summed E-state index contributed by atoms with van der Waals surface area (Å²) in [7, 11) is 3.46. The number of alkyl halides is 3. The van der Waals surface area contributed by atoms with Crippen LogP contribution in [0.2, 0.25) is 5.02 Å². The van der Waals surface area contributed by atoms with Gasteiger partial charge in [-0.05, 0) is 80.3 Å². The molecule has 0 aliphatic carbocycles. The molecule has 212 valence electrons. The van der Waals surface area contributed by atoms with Gasteiger partial charge in [0.05, 0.1) is 0 Å². The number of benzene rings is 2. The van der Waals surface area contributed by atoms with Crippen LogP contribution in [-0.2, 0) is 10.4 Å². The highest BCUT2D eigenvalue weighted by molar-refractivity contribution is 6.30. The summed E-state index contributed by atoms with van der Waals surface area (Å²) in [6.45, 7) is 2.17. The van der Waals surface area contributed by atoms with E-state index in [1.807, 2.05) is 24.3 Å². The minimum Gasteiger partial charge on any atom is -0.372 e. The van der Waals surface area contributed by atoms with Crippen LogP contribution in [0, 0.1) is 11.8 Å². The zero-order valence-corrected chi connectivity index (χ0v) is 23.0. The number of carbonyl (C=O) groups is 2. The average molecular weight is 566 g/mol. The molecule has 0 spiro atoms. The van der Waals surface area contributed by atoms with E-state index in [1.165, 1.54) is 12.1 Å². The van der Waals surface area contributed by atoms with Gasteiger partial charge in [-0.25, -0.2) is 0 Å². The molecular weight excluding hydrogens is 531 g/mol. The van der Waals surface area contributed by atoms with Gasteiger partial charge in [-0.2, -0.15) is 13.2 Å². The predicted octanol–water partition coefficient (Wildman–Crippen LogP) is 5.34. The van der Waals surface area contributed by atoms with Crippen molar-refractivity contribution in [2.45, 2.75) is 43.9 Å². The molecule has 2 aromatic rings. The Hall–Kier alpha value is -2.78. The molecule has 0 bridgehead atoms. The molecule has 0 aromatic heterocycles. The summed E-state index contributed by atoms with van der Waals surface area (Å²) in [5, 5.41) is 10.7. The molecule has 2 aliphatic heterocycles. The van der Waals surface area contributed by atoms with Gasteiger partial charge in [0.1, 0.15) is 0 Å². The molecule has 0 radical (unpaired) electrons. The van der Waals surface area contributed by atoms with Gasteiger partial charge in [0.25, 0.3) is 17.4 Å². The van der Waals surface area contributed by atoms with E-state index >= 15 is 0 Å². The van der Waals surface area contributed by atoms with Crippen molar-refractivity contribution in [3.05, 3.63) is 64.7 Å². The highest BCUT2D eigenvalue weighted by atomic mass is 35.5. The minimum atomic E-state index is -5.18. The number of amides is 2. The Kier molecular flexibility index (Phi) is 8.81. The molecule has 2 saturated heterocycles. The predicted molar refractivity (Wildman–Crippen MR) is 145 cm³/mol. The van der Waals surface area contributed by atoms with E-state index in [0.29, 0.717) is 30.2 Å². The summed E-state index contributed by atoms with van der Waals surface area (Å²) in [6.07, 6.45) is -0.959. The molecule has 2 aromatic carbocycles. The Balaban J connectivity index is 1.29. The van der Waals surface area contributed by atoms with Crippen LogP contribution in [0.15, 0.2) is 48.5 Å². The number of carbonyl (C=O) groups excluding carboxylic acids is 2. The molecule has 0 saturated carbocycles. The van der Waals surface area contributed by atoms with Crippen molar-refractivity contribution in [2.24, 2.45) is 11.8 Å². The lowest BCUT2D eigenvalue weighted by atomic mass is 9.82. The fourth-order valence-electron chi connectivity index (χ4n) is 5.69. The number of likely N-dealkylation sites (tertiary alicyclic amines) is 1. The topological polar surface area (TPSA) is 64.1 Å². The minimum absolute atomic E-state index is 0.0178. The first-order chi connectivity index (χ1) is 18.4. The lowest BCUT2D eigenvalue weighted by Crippen LogP contribution is -2.57. The molecule has 2 heterocycles. The van der Waals surface area contributed by atoms with Crippen LogP contribution in [0.25, 0.3) is 0 Å². The molecule has 1 N–H and O–H groups in total. The highest BCUT2D eigenvalue weighted by Gasteiger charge is 2.62. The van der Waals surface area contributed by atoms with Crippen molar-refractivity contribution in [3.8, 4) is 0 Å². The number of rotatable bonds is 6. The molecule has 4 rings (SSSR count). The van der Waals surface area contributed by atoms with Gasteiger partial charge in [-0.1, -0.05) is 23.7 Å². The Morgan fingerprint density at radius 2 is 1.51 bits per heavy atom. The van der Waals surface area contributed by atoms with Crippen molar-refractivity contribution < 1.29 is 27.9 Å². The third-order valence-electron chi connectivity index (χ3n) is 8.03. The van der Waals surface area contributed by atoms with E-state index in [4.69, 9.17) is 11.6 Å². The molecule has 2 amide bonds. The van der Waals surface area contributed by atoms with Gasteiger partial charge >= 0.3 is 6.18 Å². The standard InChI is InChI=1S/C29H35ClF3N3O3/c1-34(2)26(37)22-6-8-25(9-7-22)35-14-10-20(11-15-35)18-21-12-16-36(17-13-21)27(38)28(39,29(31,32)33)23-4-3-5-24(30)19-23/h3-9,19-21,39H,10-18H2,1-2H3/t28-/m1/s1. The molecule has 0 unspecified atom stereocenters. The molecule has 2 aliphatic rings. The highest BCUT2D eigenvalue weighted by Crippen LogP contribution is 2.42. The van der Waals surface area contributed by atoms with Gasteiger partial charge < -0.3 is 19.8 Å². The van der Waals surface area contributed by atoms with E-state index < -0.39 is 23.2 Å². The Labute approximate surface area is 232 Å². The van der Waals surface area contributed by atoms with Crippen LogP contribution >= 0.6 is 11.6 Å². The fourth-order valence-corrected chi connectivity index (χ4v) is 5.88. The summed E-state index contributed by atoms with van der Waals surface area (Å²) in [6, 6.07) is 12.4. The van der Waals surface area contributed by atoms with Crippen molar-refractivity contribution in [3.63, 3.8) is 0 Å². The number of hydrogen-bond donors (Lipinski definition) is 1. The van der Waals surface area contributed by atoms with E-state index in [1.54, 1.807) is 19.0 Å². The Morgan fingerprint density at radius 1 is 0.949 bits per heavy atom. The lowest BCUT2D eigenvalue weighted by Gasteiger charge is -2.40. The first kappa shape index (κ1) is 29.2.